The Kier molecular flexibility index (Phi) is 7.61. The molecule has 0 bridgehead atoms. The number of rotatable bonds is 8. The second-order valence-electron chi connectivity index (χ2n) is 11.8. The van der Waals surface area contributed by atoms with Crippen molar-refractivity contribution in [2.75, 3.05) is 17.2 Å². The lowest BCUT2D eigenvalue weighted by atomic mass is 9.95. The molecule has 1 aliphatic heterocycles. The minimum Gasteiger partial charge on any atom is -0.383 e. The van der Waals surface area contributed by atoms with Crippen LogP contribution in [0.3, 0.4) is 0 Å². The van der Waals surface area contributed by atoms with E-state index in [9.17, 15) is 19.3 Å². The van der Waals surface area contributed by atoms with E-state index in [-0.39, 0.29) is 24.0 Å². The van der Waals surface area contributed by atoms with E-state index >= 15 is 4.39 Å². The van der Waals surface area contributed by atoms with Crippen LogP contribution in [0, 0.1) is 35.0 Å². The van der Waals surface area contributed by atoms with Crippen LogP contribution in [-0.2, 0) is 0 Å². The molecule has 2 aromatic carbocycles. The minimum atomic E-state index is -2.76. The fourth-order valence-corrected chi connectivity index (χ4v) is 5.30. The molecule has 42 heavy (non-hydrogen) atoms. The van der Waals surface area contributed by atoms with Crippen LogP contribution in [0.25, 0.3) is 10.9 Å². The smallest absolute Gasteiger partial charge is 0.263 e. The number of alkyl halides is 2. The number of halogens is 4. The van der Waals surface area contributed by atoms with Crippen LogP contribution in [0.15, 0.2) is 48.2 Å². The van der Waals surface area contributed by atoms with Gasteiger partial charge in [-0.15, -0.1) is 5.53 Å². The molecule has 1 atom stereocenters. The van der Waals surface area contributed by atoms with E-state index in [1.54, 1.807) is 37.3 Å². The Labute approximate surface area is 247 Å². The molecule has 0 saturated heterocycles. The van der Waals surface area contributed by atoms with Gasteiger partial charge in [-0.25, -0.2) is 8.78 Å². The van der Waals surface area contributed by atoms with Gasteiger partial charge in [0.25, 0.3) is 6.43 Å². The van der Waals surface area contributed by atoms with Crippen LogP contribution < -0.4 is 21.6 Å². The zero-order valence-corrected chi connectivity index (χ0v) is 24.3. The van der Waals surface area contributed by atoms with E-state index in [0.29, 0.717) is 56.1 Å². The SMILES string of the molecule is Cc1c(C#N)cccc1[C@H](Nc1cc(Cl)c2ncc(C#N)c(NCC(C)(C)C)c2c1)C1=C(F)N(C2(C(F)F)CC2)NN1. The van der Waals surface area contributed by atoms with Crippen LogP contribution in [0.4, 0.5) is 24.5 Å². The maximum Gasteiger partial charge on any atom is 0.263 e. The summed E-state index contributed by atoms with van der Waals surface area (Å²) in [5, 5.41) is 27.9. The van der Waals surface area contributed by atoms with Crippen molar-refractivity contribution in [3.05, 3.63) is 75.5 Å². The van der Waals surface area contributed by atoms with Gasteiger partial charge in [0.1, 0.15) is 17.3 Å². The molecular weight excluding hydrogens is 565 g/mol. The molecule has 0 unspecified atom stereocenters. The van der Waals surface area contributed by atoms with Gasteiger partial charge in [-0.3, -0.25) is 9.99 Å². The topological polar surface area (TPSA) is 112 Å². The summed E-state index contributed by atoms with van der Waals surface area (Å²) in [4.78, 5) is 4.39. The van der Waals surface area contributed by atoms with Gasteiger partial charge in [0.05, 0.1) is 39.5 Å². The van der Waals surface area contributed by atoms with Crippen LogP contribution in [0.5, 0.6) is 0 Å². The van der Waals surface area contributed by atoms with E-state index in [1.807, 2.05) is 0 Å². The van der Waals surface area contributed by atoms with Crippen LogP contribution in [-0.4, -0.2) is 28.5 Å². The van der Waals surface area contributed by atoms with Crippen LogP contribution >= 0.6 is 11.6 Å². The molecular formula is C30H30ClF3N8. The molecule has 12 heteroatoms. The first kappa shape index (κ1) is 29.3. The summed E-state index contributed by atoms with van der Waals surface area (Å²) in [7, 11) is 0. The first-order valence-corrected chi connectivity index (χ1v) is 13.8. The number of nitrogens with zero attached hydrogens (tertiary/aromatic N) is 4. The number of hydrogen-bond acceptors (Lipinski definition) is 8. The fraction of sp³-hybridized carbons (Fsp3) is 0.367. The average Bonchev–Trinajstić information content (AvgIpc) is 3.66. The molecule has 0 amide bonds. The monoisotopic (exact) mass is 594 g/mol. The standard InChI is InChI=1S/C30H30ClF3N8/c1-16-17(12-35)6-5-7-20(16)25(26-27(32)42(41-40-26)30(8-9-30)28(33)34)39-19-10-21-23(38-15-29(2,3)4)18(13-36)14-37-24(21)22(31)11-19/h5-7,10-11,14,25,28,39-41H,8-9,15H2,1-4H3,(H,37,38)/t25-/m0/s1. The number of hydrazine groups is 2. The Morgan fingerprint density at radius 3 is 2.50 bits per heavy atom. The van der Waals surface area contributed by atoms with Gasteiger partial charge in [-0.1, -0.05) is 44.5 Å². The van der Waals surface area contributed by atoms with Crippen LogP contribution in [0.2, 0.25) is 5.02 Å². The van der Waals surface area contributed by atoms with Gasteiger partial charge in [0, 0.05) is 23.8 Å². The van der Waals surface area contributed by atoms with Gasteiger partial charge in [-0.05, 0) is 54.5 Å². The molecule has 0 radical (unpaired) electrons. The molecule has 2 heterocycles. The third-order valence-electron chi connectivity index (χ3n) is 7.58. The molecule has 1 fully saturated rings. The summed E-state index contributed by atoms with van der Waals surface area (Å²) in [5.41, 5.74) is 6.98. The summed E-state index contributed by atoms with van der Waals surface area (Å²) in [6.07, 6.45) is -1.02. The fourth-order valence-electron chi connectivity index (χ4n) is 5.03. The number of nitrogens with one attached hydrogen (secondary N) is 4. The lowest BCUT2D eigenvalue weighted by Crippen LogP contribution is -2.49. The molecule has 4 N–H and O–H groups in total. The highest BCUT2D eigenvalue weighted by Gasteiger charge is 2.59. The number of anilines is 2. The van der Waals surface area contributed by atoms with Crippen molar-refractivity contribution in [2.24, 2.45) is 5.41 Å². The maximum atomic E-state index is 16.0. The number of pyridine rings is 1. The summed E-state index contributed by atoms with van der Waals surface area (Å²) >= 11 is 6.68. The lowest BCUT2D eigenvalue weighted by molar-refractivity contribution is -0.00954. The van der Waals surface area contributed by atoms with Crippen molar-refractivity contribution in [1.82, 2.24) is 21.0 Å². The van der Waals surface area contributed by atoms with E-state index < -0.39 is 24.0 Å². The Morgan fingerprint density at radius 2 is 1.88 bits per heavy atom. The third kappa shape index (κ3) is 5.26. The van der Waals surface area contributed by atoms with Crippen molar-refractivity contribution >= 4 is 33.9 Å². The highest BCUT2D eigenvalue weighted by molar-refractivity contribution is 6.35. The molecule has 3 aromatic rings. The molecule has 1 saturated carbocycles. The van der Waals surface area contributed by atoms with Crippen molar-refractivity contribution in [3.8, 4) is 12.1 Å². The highest BCUT2D eigenvalue weighted by atomic mass is 35.5. The first-order chi connectivity index (χ1) is 19.9. The highest BCUT2D eigenvalue weighted by Crippen LogP contribution is 2.49. The number of nitriles is 2. The van der Waals surface area contributed by atoms with E-state index in [0.717, 1.165) is 5.01 Å². The molecule has 218 valence electrons. The molecule has 1 aromatic heterocycles. The Hall–Kier alpha value is -4.19. The van der Waals surface area contributed by atoms with Crippen LogP contribution in [0.1, 0.15) is 61.9 Å². The zero-order chi connectivity index (χ0) is 30.4. The molecule has 2 aliphatic rings. The van der Waals surface area contributed by atoms with E-state index in [4.69, 9.17) is 11.6 Å². The lowest BCUT2D eigenvalue weighted by Gasteiger charge is -2.26. The van der Waals surface area contributed by atoms with Crippen molar-refractivity contribution < 1.29 is 13.2 Å². The van der Waals surface area contributed by atoms with Crippen molar-refractivity contribution in [3.63, 3.8) is 0 Å². The molecule has 5 rings (SSSR count). The Morgan fingerprint density at radius 1 is 1.17 bits per heavy atom. The molecule has 1 aliphatic carbocycles. The molecule has 8 nitrogen and oxygen atoms in total. The quantitative estimate of drug-likeness (QED) is 0.210. The minimum absolute atomic E-state index is 0.0219. The van der Waals surface area contributed by atoms with E-state index in [1.165, 1.54) is 6.20 Å². The normalized spacial score (nSPS) is 16.7. The number of benzene rings is 2. The average molecular weight is 595 g/mol. The third-order valence-corrected chi connectivity index (χ3v) is 7.87. The number of fused-ring (bicyclic) bond motifs is 1. The predicted octanol–water partition coefficient (Wildman–Crippen LogP) is 6.81. The predicted molar refractivity (Wildman–Crippen MR) is 156 cm³/mol. The number of aromatic nitrogens is 1. The molecule has 0 spiro atoms. The summed E-state index contributed by atoms with van der Waals surface area (Å²) in [6.45, 7) is 8.49. The Bertz CT molecular complexity index is 1660. The van der Waals surface area contributed by atoms with Gasteiger partial charge in [-0.2, -0.15) is 14.9 Å². The largest absolute Gasteiger partial charge is 0.383 e. The summed E-state index contributed by atoms with van der Waals surface area (Å²) < 4.78 is 43.7. The van der Waals surface area contributed by atoms with Gasteiger partial charge >= 0.3 is 0 Å². The second-order valence-corrected chi connectivity index (χ2v) is 12.2. The number of hydrogen-bond donors (Lipinski definition) is 4. The van der Waals surface area contributed by atoms with E-state index in [2.05, 4.69) is 59.5 Å². The van der Waals surface area contributed by atoms with Gasteiger partial charge in [0.15, 0.2) is 0 Å². The van der Waals surface area contributed by atoms with Gasteiger partial charge in [0.2, 0.25) is 5.95 Å². The van der Waals surface area contributed by atoms with Crippen molar-refractivity contribution in [2.45, 2.75) is 58.5 Å². The zero-order valence-electron chi connectivity index (χ0n) is 23.5. The first-order valence-electron chi connectivity index (χ1n) is 13.4. The van der Waals surface area contributed by atoms with Gasteiger partial charge < -0.3 is 16.1 Å². The maximum absolute atomic E-state index is 16.0. The summed E-state index contributed by atoms with van der Waals surface area (Å²) in [5.74, 6) is -0.875. The summed E-state index contributed by atoms with van der Waals surface area (Å²) in [6, 6.07) is 11.8. The Balaban J connectivity index is 1.64. The second kappa shape index (κ2) is 10.9. The van der Waals surface area contributed by atoms with Crippen molar-refractivity contribution in [1.29, 1.82) is 10.5 Å².